The van der Waals surface area contributed by atoms with E-state index in [9.17, 15) is 0 Å². The summed E-state index contributed by atoms with van der Waals surface area (Å²) in [6.07, 6.45) is 0. The summed E-state index contributed by atoms with van der Waals surface area (Å²) >= 11 is 18.0. The Balaban J connectivity index is 2.19. The average Bonchev–Trinajstić information content (AvgIpc) is 2.30. The topological polar surface area (TPSA) is 38.0 Å². The van der Waals surface area contributed by atoms with E-state index in [1.807, 2.05) is 24.3 Å². The molecule has 0 radical (unpaired) electrons. The van der Waals surface area contributed by atoms with E-state index in [2.05, 4.69) is 5.32 Å². The highest BCUT2D eigenvalue weighted by atomic mass is 35.5. The molecule has 2 nitrogen and oxygen atoms in total. The molecule has 0 heterocycles. The minimum Gasteiger partial charge on any atom is -0.398 e. The minimum atomic E-state index is 0.488. The molecule has 0 amide bonds. The molecule has 2 aromatic rings. The SMILES string of the molecule is Nc1ccccc1CNc1c(Cl)cc(Cl)cc1Cl. The summed E-state index contributed by atoms with van der Waals surface area (Å²) in [5.41, 5.74) is 8.23. The number of nitrogen functional groups attached to an aromatic ring is 1. The third-order valence-electron chi connectivity index (χ3n) is 2.52. The highest BCUT2D eigenvalue weighted by Crippen LogP contribution is 2.34. The Hall–Kier alpha value is -1.09. The first-order valence-corrected chi connectivity index (χ1v) is 6.43. The fourth-order valence-electron chi connectivity index (χ4n) is 1.59. The first-order valence-electron chi connectivity index (χ1n) is 5.29. The highest BCUT2D eigenvalue weighted by molar-refractivity contribution is 6.41. The van der Waals surface area contributed by atoms with Crippen LogP contribution in [0.1, 0.15) is 5.56 Å². The van der Waals surface area contributed by atoms with E-state index in [0.29, 0.717) is 27.3 Å². The van der Waals surface area contributed by atoms with E-state index in [-0.39, 0.29) is 0 Å². The zero-order valence-electron chi connectivity index (χ0n) is 9.38. The van der Waals surface area contributed by atoms with Gasteiger partial charge in [0.25, 0.3) is 0 Å². The summed E-state index contributed by atoms with van der Waals surface area (Å²) in [5, 5.41) is 4.65. The van der Waals surface area contributed by atoms with Gasteiger partial charge in [-0.15, -0.1) is 0 Å². The molecule has 2 rings (SSSR count). The van der Waals surface area contributed by atoms with Gasteiger partial charge in [0.05, 0.1) is 15.7 Å². The van der Waals surface area contributed by atoms with Crippen LogP contribution in [-0.4, -0.2) is 0 Å². The van der Waals surface area contributed by atoms with Gasteiger partial charge in [-0.3, -0.25) is 0 Å². The van der Waals surface area contributed by atoms with Crippen molar-refractivity contribution in [2.24, 2.45) is 0 Å². The van der Waals surface area contributed by atoms with Gasteiger partial charge in [0.15, 0.2) is 0 Å². The lowest BCUT2D eigenvalue weighted by atomic mass is 10.2. The van der Waals surface area contributed by atoms with Crippen LogP contribution in [-0.2, 0) is 6.54 Å². The monoisotopic (exact) mass is 300 g/mol. The Kier molecular flexibility index (Phi) is 4.23. The van der Waals surface area contributed by atoms with Gasteiger partial charge in [-0.1, -0.05) is 53.0 Å². The summed E-state index contributed by atoms with van der Waals surface area (Å²) in [7, 11) is 0. The summed E-state index contributed by atoms with van der Waals surface area (Å²) < 4.78 is 0. The van der Waals surface area contributed by atoms with Crippen LogP contribution in [0.5, 0.6) is 0 Å². The van der Waals surface area contributed by atoms with E-state index < -0.39 is 0 Å². The zero-order valence-corrected chi connectivity index (χ0v) is 11.7. The van der Waals surface area contributed by atoms with Crippen LogP contribution in [0.15, 0.2) is 36.4 Å². The van der Waals surface area contributed by atoms with Crippen LogP contribution in [0.3, 0.4) is 0 Å². The second-order valence-electron chi connectivity index (χ2n) is 3.80. The molecule has 3 N–H and O–H groups in total. The van der Waals surface area contributed by atoms with E-state index in [0.717, 1.165) is 11.3 Å². The molecular weight excluding hydrogens is 291 g/mol. The fourth-order valence-corrected chi connectivity index (χ4v) is 2.54. The molecule has 0 aromatic heterocycles. The van der Waals surface area contributed by atoms with Crippen LogP contribution in [0.2, 0.25) is 15.1 Å². The first-order chi connectivity index (χ1) is 8.58. The highest BCUT2D eigenvalue weighted by Gasteiger charge is 2.08. The number of para-hydroxylation sites is 1. The number of benzene rings is 2. The fraction of sp³-hybridized carbons (Fsp3) is 0.0769. The van der Waals surface area contributed by atoms with Crippen LogP contribution >= 0.6 is 34.8 Å². The Morgan fingerprint density at radius 1 is 1.00 bits per heavy atom. The van der Waals surface area contributed by atoms with E-state index >= 15 is 0 Å². The maximum absolute atomic E-state index is 6.08. The number of halogens is 3. The van der Waals surface area contributed by atoms with Crippen molar-refractivity contribution in [1.29, 1.82) is 0 Å². The van der Waals surface area contributed by atoms with Crippen molar-refractivity contribution in [1.82, 2.24) is 0 Å². The molecule has 0 saturated carbocycles. The van der Waals surface area contributed by atoms with Crippen LogP contribution < -0.4 is 11.1 Å². The van der Waals surface area contributed by atoms with Gasteiger partial charge in [-0.05, 0) is 23.8 Å². The molecule has 5 heteroatoms. The molecule has 0 saturated heterocycles. The normalized spacial score (nSPS) is 10.4. The molecule has 0 atom stereocenters. The van der Waals surface area contributed by atoms with Crippen LogP contribution in [0.4, 0.5) is 11.4 Å². The molecule has 0 bridgehead atoms. The van der Waals surface area contributed by atoms with Crippen molar-refractivity contribution in [3.8, 4) is 0 Å². The number of anilines is 2. The first kappa shape index (κ1) is 13.3. The molecule has 0 spiro atoms. The maximum Gasteiger partial charge on any atom is 0.0722 e. The lowest BCUT2D eigenvalue weighted by Crippen LogP contribution is -2.03. The Bertz CT molecular complexity index is 547. The third kappa shape index (κ3) is 3.02. The number of hydrogen-bond acceptors (Lipinski definition) is 2. The molecule has 0 aliphatic heterocycles. The second kappa shape index (κ2) is 5.70. The van der Waals surface area contributed by atoms with Crippen LogP contribution in [0.25, 0.3) is 0 Å². The molecule has 2 aromatic carbocycles. The standard InChI is InChI=1S/C13H11Cl3N2/c14-9-5-10(15)13(11(16)6-9)18-7-8-3-1-2-4-12(8)17/h1-6,18H,7,17H2. The lowest BCUT2D eigenvalue weighted by Gasteiger charge is -2.12. The lowest BCUT2D eigenvalue weighted by molar-refractivity contribution is 1.15. The largest absolute Gasteiger partial charge is 0.398 e. The number of nitrogens with two attached hydrogens (primary N) is 1. The number of nitrogens with one attached hydrogen (secondary N) is 1. The van der Waals surface area contributed by atoms with Gasteiger partial charge in [0, 0.05) is 17.3 Å². The second-order valence-corrected chi connectivity index (χ2v) is 5.05. The van der Waals surface area contributed by atoms with Gasteiger partial charge in [-0.25, -0.2) is 0 Å². The summed E-state index contributed by atoms with van der Waals surface area (Å²) in [4.78, 5) is 0. The Labute approximate surface area is 121 Å². The van der Waals surface area contributed by atoms with Gasteiger partial charge >= 0.3 is 0 Å². The minimum absolute atomic E-state index is 0.488. The van der Waals surface area contributed by atoms with Gasteiger partial charge < -0.3 is 11.1 Å². The van der Waals surface area contributed by atoms with Crippen molar-refractivity contribution in [2.75, 3.05) is 11.1 Å². The molecule has 0 fully saturated rings. The summed E-state index contributed by atoms with van der Waals surface area (Å²) in [6, 6.07) is 10.9. The summed E-state index contributed by atoms with van der Waals surface area (Å²) in [6.45, 7) is 0.549. The molecule has 18 heavy (non-hydrogen) atoms. The molecular formula is C13H11Cl3N2. The molecule has 0 aliphatic carbocycles. The predicted molar refractivity (Wildman–Crippen MR) is 79.7 cm³/mol. The predicted octanol–water partition coefficient (Wildman–Crippen LogP) is 4.84. The molecule has 94 valence electrons. The average molecular weight is 302 g/mol. The smallest absolute Gasteiger partial charge is 0.0722 e. The Morgan fingerprint density at radius 3 is 2.22 bits per heavy atom. The summed E-state index contributed by atoms with van der Waals surface area (Å²) in [5.74, 6) is 0. The van der Waals surface area contributed by atoms with Crippen molar-refractivity contribution < 1.29 is 0 Å². The number of rotatable bonds is 3. The Morgan fingerprint density at radius 2 is 1.61 bits per heavy atom. The maximum atomic E-state index is 6.08. The van der Waals surface area contributed by atoms with Gasteiger partial charge in [0.1, 0.15) is 0 Å². The van der Waals surface area contributed by atoms with E-state index in [4.69, 9.17) is 40.5 Å². The van der Waals surface area contributed by atoms with Crippen molar-refractivity contribution >= 4 is 46.2 Å². The van der Waals surface area contributed by atoms with Gasteiger partial charge in [0.2, 0.25) is 0 Å². The van der Waals surface area contributed by atoms with Crippen LogP contribution in [0, 0.1) is 0 Å². The van der Waals surface area contributed by atoms with Crippen molar-refractivity contribution in [3.05, 3.63) is 57.0 Å². The molecule has 0 unspecified atom stereocenters. The van der Waals surface area contributed by atoms with Crippen molar-refractivity contribution in [3.63, 3.8) is 0 Å². The van der Waals surface area contributed by atoms with Crippen molar-refractivity contribution in [2.45, 2.75) is 6.54 Å². The van der Waals surface area contributed by atoms with Gasteiger partial charge in [-0.2, -0.15) is 0 Å². The molecule has 0 aliphatic rings. The third-order valence-corrected chi connectivity index (χ3v) is 3.33. The van der Waals surface area contributed by atoms with E-state index in [1.165, 1.54) is 0 Å². The number of hydrogen-bond donors (Lipinski definition) is 2. The van der Waals surface area contributed by atoms with E-state index in [1.54, 1.807) is 12.1 Å². The zero-order chi connectivity index (χ0) is 13.1. The quantitative estimate of drug-likeness (QED) is 0.796.